The molecular weight excluding hydrogens is 254 g/mol. The molecule has 1 fully saturated rings. The van der Waals surface area contributed by atoms with E-state index in [1.54, 1.807) is 14.2 Å². The Morgan fingerprint density at radius 3 is 2.55 bits per heavy atom. The summed E-state index contributed by atoms with van der Waals surface area (Å²) in [5.74, 6) is 2.20. The van der Waals surface area contributed by atoms with E-state index in [4.69, 9.17) is 9.47 Å². The van der Waals surface area contributed by atoms with Crippen molar-refractivity contribution in [1.82, 2.24) is 4.90 Å². The lowest BCUT2D eigenvalue weighted by Gasteiger charge is -2.27. The van der Waals surface area contributed by atoms with Gasteiger partial charge in [0, 0.05) is 24.2 Å². The number of nitrogens with zero attached hydrogens (tertiary/aromatic N) is 1. The van der Waals surface area contributed by atoms with E-state index in [1.165, 1.54) is 12.8 Å². The minimum atomic E-state index is -0.554. The molecule has 1 aromatic carbocycles. The van der Waals surface area contributed by atoms with E-state index in [2.05, 4.69) is 18.9 Å². The number of hydrogen-bond donors (Lipinski definition) is 1. The molecule has 2 atom stereocenters. The van der Waals surface area contributed by atoms with Gasteiger partial charge in [-0.05, 0) is 44.9 Å². The Morgan fingerprint density at radius 2 is 2.00 bits per heavy atom. The van der Waals surface area contributed by atoms with Crippen LogP contribution in [0.5, 0.6) is 11.5 Å². The molecule has 2 unspecified atom stereocenters. The van der Waals surface area contributed by atoms with Crippen molar-refractivity contribution in [3.05, 3.63) is 23.8 Å². The van der Waals surface area contributed by atoms with Gasteiger partial charge in [-0.25, -0.2) is 0 Å². The molecule has 0 heterocycles. The van der Waals surface area contributed by atoms with E-state index in [0.717, 1.165) is 17.2 Å². The molecule has 1 aliphatic rings. The topological polar surface area (TPSA) is 41.9 Å². The third-order valence-electron chi connectivity index (χ3n) is 4.26. The van der Waals surface area contributed by atoms with Gasteiger partial charge in [-0.1, -0.05) is 0 Å². The maximum Gasteiger partial charge on any atom is 0.128 e. The Morgan fingerprint density at radius 1 is 1.30 bits per heavy atom. The van der Waals surface area contributed by atoms with E-state index in [-0.39, 0.29) is 0 Å². The molecule has 0 spiro atoms. The first-order chi connectivity index (χ1) is 9.56. The molecule has 0 aliphatic heterocycles. The molecule has 112 valence electrons. The van der Waals surface area contributed by atoms with Crippen LogP contribution in [-0.4, -0.2) is 43.9 Å². The molecular formula is C16H25NO3. The normalized spacial score (nSPS) is 17.9. The van der Waals surface area contributed by atoms with Gasteiger partial charge in [-0.3, -0.25) is 0 Å². The molecule has 0 aromatic heterocycles. The van der Waals surface area contributed by atoms with Crippen molar-refractivity contribution in [3.8, 4) is 11.5 Å². The molecule has 1 N–H and O–H groups in total. The average Bonchev–Trinajstić information content (AvgIpc) is 3.30. The molecule has 1 saturated carbocycles. The summed E-state index contributed by atoms with van der Waals surface area (Å²) in [6, 6.07) is 6.06. The van der Waals surface area contributed by atoms with Crippen LogP contribution in [0.15, 0.2) is 18.2 Å². The zero-order valence-corrected chi connectivity index (χ0v) is 12.8. The number of rotatable bonds is 7. The second kappa shape index (κ2) is 6.46. The fraction of sp³-hybridized carbons (Fsp3) is 0.625. The van der Waals surface area contributed by atoms with Gasteiger partial charge in [0.05, 0.1) is 20.3 Å². The van der Waals surface area contributed by atoms with Crippen LogP contribution < -0.4 is 9.47 Å². The van der Waals surface area contributed by atoms with Gasteiger partial charge in [0.1, 0.15) is 11.5 Å². The van der Waals surface area contributed by atoms with Crippen molar-refractivity contribution >= 4 is 0 Å². The second-order valence-electron chi connectivity index (χ2n) is 5.64. The van der Waals surface area contributed by atoms with Crippen LogP contribution in [0.1, 0.15) is 31.4 Å². The van der Waals surface area contributed by atoms with Crippen molar-refractivity contribution in [1.29, 1.82) is 0 Å². The minimum absolute atomic E-state index is 0.522. The summed E-state index contributed by atoms with van der Waals surface area (Å²) in [5, 5.41) is 10.5. The highest BCUT2D eigenvalue weighted by Gasteiger charge is 2.31. The van der Waals surface area contributed by atoms with Crippen LogP contribution in [-0.2, 0) is 0 Å². The van der Waals surface area contributed by atoms with E-state index in [0.29, 0.717) is 18.3 Å². The van der Waals surface area contributed by atoms with Crippen molar-refractivity contribution in [2.24, 2.45) is 5.92 Å². The summed E-state index contributed by atoms with van der Waals surface area (Å²) >= 11 is 0. The number of hydrogen-bond acceptors (Lipinski definition) is 4. The van der Waals surface area contributed by atoms with Gasteiger partial charge in [-0.15, -0.1) is 0 Å². The quantitative estimate of drug-likeness (QED) is 0.832. The van der Waals surface area contributed by atoms with E-state index < -0.39 is 6.10 Å². The Labute approximate surface area is 121 Å². The predicted molar refractivity (Wildman–Crippen MR) is 79.3 cm³/mol. The minimum Gasteiger partial charge on any atom is -0.497 e. The van der Waals surface area contributed by atoms with Gasteiger partial charge in [0.2, 0.25) is 0 Å². The highest BCUT2D eigenvalue weighted by Crippen LogP contribution is 2.36. The van der Waals surface area contributed by atoms with Gasteiger partial charge in [0.15, 0.2) is 0 Å². The predicted octanol–water partition coefficient (Wildman–Crippen LogP) is 2.47. The Kier molecular flexibility index (Phi) is 4.89. The Bertz CT molecular complexity index is 445. The largest absolute Gasteiger partial charge is 0.497 e. The molecule has 1 aliphatic carbocycles. The number of methoxy groups -OCH3 is 2. The lowest BCUT2D eigenvalue weighted by atomic mass is 10.1. The Balaban J connectivity index is 2.05. The molecule has 0 radical (unpaired) electrons. The third-order valence-corrected chi connectivity index (χ3v) is 4.26. The van der Waals surface area contributed by atoms with E-state index in [9.17, 15) is 5.11 Å². The molecule has 0 saturated heterocycles. The standard InChI is InChI=1S/C16H25NO3/c1-11(12-5-6-12)17(2)10-15(18)14-8-7-13(19-3)9-16(14)20-4/h7-9,11-12,15,18H,5-6,10H2,1-4H3. The van der Waals surface area contributed by atoms with Crippen LogP contribution in [0.25, 0.3) is 0 Å². The SMILES string of the molecule is COc1ccc(C(O)CN(C)C(C)C2CC2)c(OC)c1. The number of aliphatic hydroxyl groups is 1. The molecule has 20 heavy (non-hydrogen) atoms. The van der Waals surface area contributed by atoms with E-state index >= 15 is 0 Å². The highest BCUT2D eigenvalue weighted by atomic mass is 16.5. The van der Waals surface area contributed by atoms with Crippen molar-refractivity contribution in [2.45, 2.75) is 31.9 Å². The van der Waals surface area contributed by atoms with Crippen LogP contribution >= 0.6 is 0 Å². The maximum absolute atomic E-state index is 10.5. The fourth-order valence-electron chi connectivity index (χ4n) is 2.57. The molecule has 2 rings (SSSR count). The van der Waals surface area contributed by atoms with Gasteiger partial charge in [-0.2, -0.15) is 0 Å². The Hall–Kier alpha value is -1.26. The van der Waals surface area contributed by atoms with E-state index in [1.807, 2.05) is 18.2 Å². The van der Waals surface area contributed by atoms with Gasteiger partial charge >= 0.3 is 0 Å². The first-order valence-electron chi connectivity index (χ1n) is 7.17. The summed E-state index contributed by atoms with van der Waals surface area (Å²) in [5.41, 5.74) is 0.808. The first-order valence-corrected chi connectivity index (χ1v) is 7.17. The van der Waals surface area contributed by atoms with Crippen LogP contribution in [0.4, 0.5) is 0 Å². The number of aliphatic hydroxyl groups excluding tert-OH is 1. The van der Waals surface area contributed by atoms with Gasteiger partial charge in [0.25, 0.3) is 0 Å². The number of ether oxygens (including phenoxy) is 2. The van der Waals surface area contributed by atoms with Crippen molar-refractivity contribution < 1.29 is 14.6 Å². The summed E-state index contributed by atoms with van der Waals surface area (Å²) in [4.78, 5) is 2.23. The first kappa shape index (κ1) is 15.1. The zero-order chi connectivity index (χ0) is 14.7. The molecule has 4 heteroatoms. The molecule has 0 bridgehead atoms. The lowest BCUT2D eigenvalue weighted by Crippen LogP contribution is -2.34. The molecule has 1 aromatic rings. The van der Waals surface area contributed by atoms with Crippen LogP contribution in [0.3, 0.4) is 0 Å². The highest BCUT2D eigenvalue weighted by molar-refractivity contribution is 5.42. The second-order valence-corrected chi connectivity index (χ2v) is 5.64. The lowest BCUT2D eigenvalue weighted by molar-refractivity contribution is 0.100. The van der Waals surface area contributed by atoms with Crippen LogP contribution in [0.2, 0.25) is 0 Å². The smallest absolute Gasteiger partial charge is 0.128 e. The zero-order valence-electron chi connectivity index (χ0n) is 12.8. The molecule has 4 nitrogen and oxygen atoms in total. The van der Waals surface area contributed by atoms with Gasteiger partial charge < -0.3 is 19.5 Å². The monoisotopic (exact) mass is 279 g/mol. The summed E-state index contributed by atoms with van der Waals surface area (Å²) in [6.07, 6.45) is 2.07. The van der Waals surface area contributed by atoms with Crippen molar-refractivity contribution in [2.75, 3.05) is 27.8 Å². The van der Waals surface area contributed by atoms with Crippen molar-refractivity contribution in [3.63, 3.8) is 0 Å². The van der Waals surface area contributed by atoms with Crippen LogP contribution in [0, 0.1) is 5.92 Å². The average molecular weight is 279 g/mol. The number of likely N-dealkylation sites (N-methyl/N-ethyl adjacent to an activating group) is 1. The summed E-state index contributed by atoms with van der Waals surface area (Å²) in [6.45, 7) is 2.84. The summed E-state index contributed by atoms with van der Waals surface area (Å²) < 4.78 is 10.5. The number of benzene rings is 1. The summed E-state index contributed by atoms with van der Waals surface area (Å²) in [7, 11) is 5.31. The third kappa shape index (κ3) is 3.44. The maximum atomic E-state index is 10.5. The molecule has 0 amide bonds. The fourth-order valence-corrected chi connectivity index (χ4v) is 2.57.